The zero-order valence-electron chi connectivity index (χ0n) is 16.9. The van der Waals surface area contributed by atoms with Crippen LogP contribution in [0.25, 0.3) is 0 Å². The normalized spacial score (nSPS) is 20.4. The number of nitrogens with zero attached hydrogens (tertiary/aromatic N) is 2. The highest BCUT2D eigenvalue weighted by Crippen LogP contribution is 2.52. The van der Waals surface area contributed by atoms with Crippen molar-refractivity contribution >= 4 is 28.4 Å². The minimum atomic E-state index is -1.65. The molecule has 2 heterocycles. The molecule has 0 amide bonds. The first kappa shape index (κ1) is 19.6. The number of aliphatic imine (C=N–C) groups is 1. The van der Waals surface area contributed by atoms with E-state index in [4.69, 9.17) is 4.74 Å². The van der Waals surface area contributed by atoms with Gasteiger partial charge in [0.15, 0.2) is 11.0 Å². The largest absolute Gasteiger partial charge is 0.494 e. The first-order valence-corrected chi connectivity index (χ1v) is 10.9. The monoisotopic (exact) mass is 428 g/mol. The molecule has 1 atom stereocenters. The summed E-state index contributed by atoms with van der Waals surface area (Å²) in [5.41, 5.74) is 0.795. The van der Waals surface area contributed by atoms with Gasteiger partial charge in [-0.2, -0.15) is 0 Å². The lowest BCUT2D eigenvalue weighted by Crippen LogP contribution is -2.31. The highest BCUT2D eigenvalue weighted by molar-refractivity contribution is 8.14. The number of benzene rings is 3. The molecule has 0 aromatic heterocycles. The topological polar surface area (TPSA) is 62.1 Å². The molecule has 5 nitrogen and oxygen atoms in total. The second-order valence-corrected chi connectivity index (χ2v) is 8.20. The van der Waals surface area contributed by atoms with Crippen LogP contribution in [0.2, 0.25) is 0 Å². The average molecular weight is 429 g/mol. The molecule has 0 saturated heterocycles. The third kappa shape index (κ3) is 3.34. The standard InChI is InChI=1S/C25H20N2O3S/c1-2-30-19-13-14-20-22(15-19)31-24-26-25(29,18-11-7-4-8-12-18)23(27(20)24)16-21(28)17-9-5-3-6-10-17/h3-16,29H,2H2,1H3/b23-16-. The van der Waals surface area contributed by atoms with Crippen molar-refractivity contribution in [2.24, 2.45) is 4.99 Å². The van der Waals surface area contributed by atoms with Gasteiger partial charge < -0.3 is 9.84 Å². The van der Waals surface area contributed by atoms with Crippen molar-refractivity contribution in [1.29, 1.82) is 0 Å². The predicted molar refractivity (Wildman–Crippen MR) is 123 cm³/mol. The van der Waals surface area contributed by atoms with E-state index in [0.717, 1.165) is 16.3 Å². The molecular formula is C25H20N2O3S. The molecule has 0 radical (unpaired) electrons. The Morgan fingerprint density at radius 2 is 1.81 bits per heavy atom. The molecule has 31 heavy (non-hydrogen) atoms. The SMILES string of the molecule is CCOc1ccc2c(c1)SC1=NC(O)(c3ccccc3)/C(=C/C(=O)c3ccccc3)N12. The van der Waals surface area contributed by atoms with Crippen LogP contribution in [-0.4, -0.2) is 22.7 Å². The van der Waals surface area contributed by atoms with Crippen LogP contribution in [0.15, 0.2) is 101 Å². The molecule has 2 aliphatic heterocycles. The number of aliphatic hydroxyl groups is 1. The van der Waals surface area contributed by atoms with Gasteiger partial charge in [-0.3, -0.25) is 9.69 Å². The lowest BCUT2D eigenvalue weighted by Gasteiger charge is -2.26. The number of hydrogen-bond acceptors (Lipinski definition) is 6. The molecular weight excluding hydrogens is 408 g/mol. The molecule has 6 heteroatoms. The van der Waals surface area contributed by atoms with E-state index >= 15 is 0 Å². The summed E-state index contributed by atoms with van der Waals surface area (Å²) in [6, 6.07) is 24.0. The third-order valence-corrected chi connectivity index (χ3v) is 6.24. The lowest BCUT2D eigenvalue weighted by molar-refractivity contribution is 0.0889. The fourth-order valence-corrected chi connectivity index (χ4v) is 4.88. The van der Waals surface area contributed by atoms with Crippen molar-refractivity contribution in [2.75, 3.05) is 11.5 Å². The molecule has 0 aliphatic carbocycles. The molecule has 2 aliphatic rings. The van der Waals surface area contributed by atoms with Gasteiger partial charge in [0.25, 0.3) is 0 Å². The van der Waals surface area contributed by atoms with Gasteiger partial charge in [0.2, 0.25) is 5.72 Å². The Labute approximate surface area is 184 Å². The third-order valence-electron chi connectivity index (χ3n) is 5.23. The number of anilines is 1. The smallest absolute Gasteiger partial charge is 0.227 e. The van der Waals surface area contributed by atoms with Crippen LogP contribution in [0, 0.1) is 0 Å². The molecule has 1 N–H and O–H groups in total. The van der Waals surface area contributed by atoms with Gasteiger partial charge in [-0.15, -0.1) is 0 Å². The van der Waals surface area contributed by atoms with Crippen LogP contribution < -0.4 is 9.64 Å². The summed E-state index contributed by atoms with van der Waals surface area (Å²) in [5, 5.41) is 12.3. The highest BCUT2D eigenvalue weighted by Gasteiger charge is 2.49. The van der Waals surface area contributed by atoms with E-state index in [9.17, 15) is 9.90 Å². The molecule has 3 aromatic rings. The number of ether oxygens (including phenoxy) is 1. The Morgan fingerprint density at radius 3 is 2.52 bits per heavy atom. The summed E-state index contributed by atoms with van der Waals surface area (Å²) in [5.74, 6) is 0.588. The fourth-order valence-electron chi connectivity index (χ4n) is 3.78. The van der Waals surface area contributed by atoms with E-state index in [1.165, 1.54) is 17.8 Å². The Kier molecular flexibility index (Phi) is 4.88. The number of carbonyl (C=O) groups excluding carboxylic acids is 1. The Hall–Kier alpha value is -3.35. The van der Waals surface area contributed by atoms with Gasteiger partial charge in [0.05, 0.1) is 18.0 Å². The van der Waals surface area contributed by atoms with Crippen molar-refractivity contribution in [3.63, 3.8) is 0 Å². The molecule has 0 fully saturated rings. The van der Waals surface area contributed by atoms with E-state index in [2.05, 4.69) is 4.99 Å². The van der Waals surface area contributed by atoms with E-state index in [1.54, 1.807) is 12.1 Å². The van der Waals surface area contributed by atoms with Crippen LogP contribution in [0.4, 0.5) is 5.69 Å². The molecule has 3 aromatic carbocycles. The second kappa shape index (κ2) is 7.72. The van der Waals surface area contributed by atoms with Crippen molar-refractivity contribution in [3.05, 3.63) is 102 Å². The van der Waals surface area contributed by atoms with Gasteiger partial charge in [0, 0.05) is 22.1 Å². The van der Waals surface area contributed by atoms with Crippen LogP contribution in [0.1, 0.15) is 22.8 Å². The molecule has 154 valence electrons. The second-order valence-electron chi connectivity index (χ2n) is 7.19. The molecule has 5 rings (SSSR count). The summed E-state index contributed by atoms with van der Waals surface area (Å²) in [4.78, 5) is 20.6. The van der Waals surface area contributed by atoms with Crippen molar-refractivity contribution in [2.45, 2.75) is 17.5 Å². The van der Waals surface area contributed by atoms with Crippen molar-refractivity contribution in [1.82, 2.24) is 0 Å². The number of allylic oxidation sites excluding steroid dienone is 1. The van der Waals surface area contributed by atoms with Crippen molar-refractivity contribution in [3.8, 4) is 5.75 Å². The molecule has 1 unspecified atom stereocenters. The van der Waals surface area contributed by atoms with Gasteiger partial charge in [-0.25, -0.2) is 4.99 Å². The number of rotatable bonds is 5. The average Bonchev–Trinajstić information content (AvgIpc) is 3.28. The minimum Gasteiger partial charge on any atom is -0.494 e. The van der Waals surface area contributed by atoms with Crippen LogP contribution in [-0.2, 0) is 5.72 Å². The minimum absolute atomic E-state index is 0.189. The Balaban J connectivity index is 1.64. The highest BCUT2D eigenvalue weighted by atomic mass is 32.2. The summed E-state index contributed by atoms with van der Waals surface area (Å²) < 4.78 is 5.62. The molecule has 0 spiro atoms. The number of carbonyl (C=O) groups is 1. The maximum atomic E-state index is 13.1. The Bertz CT molecular complexity index is 1210. The van der Waals surface area contributed by atoms with Crippen molar-refractivity contribution < 1.29 is 14.6 Å². The number of fused-ring (bicyclic) bond motifs is 3. The van der Waals surface area contributed by atoms with Gasteiger partial charge >= 0.3 is 0 Å². The molecule has 0 saturated carbocycles. The lowest BCUT2D eigenvalue weighted by atomic mass is 9.97. The summed E-state index contributed by atoms with van der Waals surface area (Å²) in [7, 11) is 0. The predicted octanol–water partition coefficient (Wildman–Crippen LogP) is 4.98. The van der Waals surface area contributed by atoms with Gasteiger partial charge in [-0.1, -0.05) is 60.7 Å². The van der Waals surface area contributed by atoms with E-state index in [0.29, 0.717) is 28.6 Å². The van der Waals surface area contributed by atoms with Crippen LogP contribution in [0.5, 0.6) is 5.75 Å². The van der Waals surface area contributed by atoms with Crippen LogP contribution >= 0.6 is 11.8 Å². The summed E-state index contributed by atoms with van der Waals surface area (Å²) >= 11 is 1.45. The Morgan fingerprint density at radius 1 is 1.10 bits per heavy atom. The van der Waals surface area contributed by atoms with Gasteiger partial charge in [-0.05, 0) is 36.9 Å². The van der Waals surface area contributed by atoms with E-state index < -0.39 is 5.72 Å². The number of amidine groups is 1. The van der Waals surface area contributed by atoms with Crippen LogP contribution in [0.3, 0.4) is 0 Å². The number of thioether (sulfide) groups is 1. The summed E-state index contributed by atoms with van der Waals surface area (Å²) in [6.45, 7) is 2.53. The maximum Gasteiger partial charge on any atom is 0.227 e. The fraction of sp³-hybridized carbons (Fsp3) is 0.120. The van der Waals surface area contributed by atoms with E-state index in [-0.39, 0.29) is 5.78 Å². The first-order valence-electron chi connectivity index (χ1n) is 10.0. The first-order chi connectivity index (χ1) is 15.1. The quantitative estimate of drug-likeness (QED) is 0.459. The number of hydrogen-bond donors (Lipinski definition) is 1. The van der Waals surface area contributed by atoms with Gasteiger partial charge in [0.1, 0.15) is 5.75 Å². The molecule has 0 bridgehead atoms. The zero-order valence-corrected chi connectivity index (χ0v) is 17.7. The zero-order chi connectivity index (χ0) is 21.4. The number of ketones is 1. The summed E-state index contributed by atoms with van der Waals surface area (Å²) in [6.07, 6.45) is 1.49. The maximum absolute atomic E-state index is 13.1. The van der Waals surface area contributed by atoms with E-state index in [1.807, 2.05) is 78.6 Å².